The first kappa shape index (κ1) is 13.5. The monoisotopic (exact) mass is 293 g/mol. The quantitative estimate of drug-likeness (QED) is 0.917. The first-order valence-corrected chi connectivity index (χ1v) is 8.02. The van der Waals surface area contributed by atoms with E-state index >= 15 is 0 Å². The van der Waals surface area contributed by atoms with Crippen LogP contribution in [-0.2, 0) is 4.79 Å². The van der Waals surface area contributed by atoms with Gasteiger partial charge in [-0.25, -0.2) is 4.98 Å². The van der Waals surface area contributed by atoms with Crippen molar-refractivity contribution >= 4 is 23.2 Å². The Morgan fingerprint density at radius 1 is 1.40 bits per heavy atom. The van der Waals surface area contributed by atoms with Gasteiger partial charge in [-0.05, 0) is 25.2 Å². The van der Waals surface area contributed by atoms with Crippen LogP contribution in [0.2, 0.25) is 0 Å². The van der Waals surface area contributed by atoms with Crippen molar-refractivity contribution in [2.45, 2.75) is 32.1 Å². The second-order valence-corrected chi connectivity index (χ2v) is 6.68. The smallest absolute Gasteiger partial charge is 0.273 e. The first-order chi connectivity index (χ1) is 9.61. The number of nitrogens with two attached hydrogens (primary N) is 1. The van der Waals surface area contributed by atoms with E-state index in [1.165, 1.54) is 24.2 Å². The predicted molar refractivity (Wildman–Crippen MR) is 76.2 cm³/mol. The molecular formula is C14H19N3O2S. The van der Waals surface area contributed by atoms with Gasteiger partial charge in [0.05, 0.1) is 10.9 Å². The number of amides is 2. The molecule has 0 bridgehead atoms. The highest BCUT2D eigenvalue weighted by Crippen LogP contribution is 2.45. The van der Waals surface area contributed by atoms with E-state index in [0.29, 0.717) is 37.5 Å². The van der Waals surface area contributed by atoms with Gasteiger partial charge in [-0.1, -0.05) is 12.8 Å². The Morgan fingerprint density at radius 3 is 2.60 bits per heavy atom. The van der Waals surface area contributed by atoms with Crippen LogP contribution >= 0.6 is 11.3 Å². The van der Waals surface area contributed by atoms with E-state index in [1.54, 1.807) is 15.8 Å². The Kier molecular flexibility index (Phi) is 3.50. The molecule has 2 aliphatic rings. The molecule has 1 aliphatic heterocycles. The minimum Gasteiger partial charge on any atom is -0.369 e. The maximum Gasteiger partial charge on any atom is 0.273 e. The number of rotatable bonds is 4. The number of piperidine rings is 1. The molecule has 2 amide bonds. The average Bonchev–Trinajstić information content (AvgIpc) is 3.08. The van der Waals surface area contributed by atoms with Crippen molar-refractivity contribution < 1.29 is 9.59 Å². The lowest BCUT2D eigenvalue weighted by molar-refractivity contribution is -0.131. The zero-order valence-electron chi connectivity index (χ0n) is 11.4. The lowest BCUT2D eigenvalue weighted by Crippen LogP contribution is -2.49. The summed E-state index contributed by atoms with van der Waals surface area (Å²) in [5, 5.41) is 1.77. The van der Waals surface area contributed by atoms with Gasteiger partial charge in [0.15, 0.2) is 0 Å². The summed E-state index contributed by atoms with van der Waals surface area (Å²) in [7, 11) is 0. The Labute approximate surface area is 122 Å². The second kappa shape index (κ2) is 5.16. The summed E-state index contributed by atoms with van der Waals surface area (Å²) >= 11 is 1.42. The molecule has 1 aliphatic carbocycles. The number of hydrogen-bond donors (Lipinski definition) is 1. The Hall–Kier alpha value is -1.43. The number of nitrogens with zero attached hydrogens (tertiary/aromatic N) is 2. The SMILES string of the molecule is NC(=O)C1(CC2CC2)CCN(C(=O)c2cscn2)CC1. The van der Waals surface area contributed by atoms with Crippen LogP contribution in [0.5, 0.6) is 0 Å². The zero-order valence-corrected chi connectivity index (χ0v) is 12.2. The number of hydrogen-bond acceptors (Lipinski definition) is 4. The third-order valence-electron chi connectivity index (χ3n) is 4.56. The van der Waals surface area contributed by atoms with Gasteiger partial charge in [0.25, 0.3) is 5.91 Å². The van der Waals surface area contributed by atoms with E-state index in [1.807, 2.05) is 0 Å². The van der Waals surface area contributed by atoms with Crippen LogP contribution in [0.25, 0.3) is 0 Å². The normalized spacial score (nSPS) is 21.7. The molecule has 1 aromatic heterocycles. The minimum absolute atomic E-state index is 0.0317. The predicted octanol–water partition coefficient (Wildman–Crippen LogP) is 1.65. The summed E-state index contributed by atoms with van der Waals surface area (Å²) < 4.78 is 0. The molecule has 2 heterocycles. The van der Waals surface area contributed by atoms with Gasteiger partial charge < -0.3 is 10.6 Å². The molecule has 2 N–H and O–H groups in total. The highest BCUT2D eigenvalue weighted by molar-refractivity contribution is 7.07. The van der Waals surface area contributed by atoms with Crippen LogP contribution in [0, 0.1) is 11.3 Å². The maximum absolute atomic E-state index is 12.2. The van der Waals surface area contributed by atoms with Crippen LogP contribution < -0.4 is 5.73 Å². The molecule has 1 saturated carbocycles. The van der Waals surface area contributed by atoms with E-state index < -0.39 is 0 Å². The fourth-order valence-corrected chi connectivity index (χ4v) is 3.57. The molecule has 0 radical (unpaired) electrons. The molecule has 6 heteroatoms. The Bertz CT molecular complexity index is 502. The second-order valence-electron chi connectivity index (χ2n) is 5.96. The highest BCUT2D eigenvalue weighted by atomic mass is 32.1. The summed E-state index contributed by atoms with van der Waals surface area (Å²) in [6.07, 6.45) is 4.72. The average molecular weight is 293 g/mol. The summed E-state index contributed by atoms with van der Waals surface area (Å²) in [5.41, 5.74) is 7.42. The van der Waals surface area contributed by atoms with E-state index in [-0.39, 0.29) is 17.2 Å². The van der Waals surface area contributed by atoms with E-state index in [2.05, 4.69) is 4.98 Å². The van der Waals surface area contributed by atoms with Gasteiger partial charge >= 0.3 is 0 Å². The van der Waals surface area contributed by atoms with Gasteiger partial charge in [-0.3, -0.25) is 9.59 Å². The summed E-state index contributed by atoms with van der Waals surface area (Å²) in [6, 6.07) is 0. The molecule has 0 unspecified atom stereocenters. The lowest BCUT2D eigenvalue weighted by atomic mass is 9.73. The molecular weight excluding hydrogens is 274 g/mol. The lowest BCUT2D eigenvalue weighted by Gasteiger charge is -2.39. The largest absolute Gasteiger partial charge is 0.369 e. The number of primary amides is 1. The first-order valence-electron chi connectivity index (χ1n) is 7.08. The van der Waals surface area contributed by atoms with Crippen molar-refractivity contribution in [1.29, 1.82) is 0 Å². The van der Waals surface area contributed by atoms with Crippen LogP contribution in [0.1, 0.15) is 42.6 Å². The number of carbonyl (C=O) groups is 2. The zero-order chi connectivity index (χ0) is 14.2. The van der Waals surface area contributed by atoms with Crippen molar-refractivity contribution in [3.8, 4) is 0 Å². The summed E-state index contributed by atoms with van der Waals surface area (Å²) in [6.45, 7) is 1.21. The van der Waals surface area contributed by atoms with Crippen molar-refractivity contribution in [2.24, 2.45) is 17.1 Å². The van der Waals surface area contributed by atoms with Crippen LogP contribution in [-0.4, -0.2) is 34.8 Å². The molecule has 2 fully saturated rings. The Morgan fingerprint density at radius 2 is 2.10 bits per heavy atom. The molecule has 0 atom stereocenters. The van der Waals surface area contributed by atoms with Crippen LogP contribution in [0.4, 0.5) is 0 Å². The molecule has 0 aromatic carbocycles. The molecule has 20 heavy (non-hydrogen) atoms. The standard InChI is InChI=1S/C14H19N3O2S/c15-13(19)14(7-10-1-2-10)3-5-17(6-4-14)12(18)11-8-20-9-16-11/h8-10H,1-7H2,(H2,15,19). The molecule has 1 saturated heterocycles. The molecule has 5 nitrogen and oxygen atoms in total. The van der Waals surface area contributed by atoms with E-state index in [4.69, 9.17) is 5.73 Å². The van der Waals surface area contributed by atoms with E-state index in [0.717, 1.165) is 6.42 Å². The minimum atomic E-state index is -0.389. The van der Waals surface area contributed by atoms with Gasteiger partial charge in [0.2, 0.25) is 5.91 Å². The van der Waals surface area contributed by atoms with Gasteiger partial charge in [0.1, 0.15) is 5.69 Å². The molecule has 3 rings (SSSR count). The molecule has 0 spiro atoms. The summed E-state index contributed by atoms with van der Waals surface area (Å²) in [4.78, 5) is 29.9. The topological polar surface area (TPSA) is 76.3 Å². The Balaban J connectivity index is 1.65. The third kappa shape index (κ3) is 2.57. The van der Waals surface area contributed by atoms with Gasteiger partial charge in [0, 0.05) is 18.5 Å². The van der Waals surface area contributed by atoms with Crippen LogP contribution in [0.3, 0.4) is 0 Å². The van der Waals surface area contributed by atoms with Crippen molar-refractivity contribution in [1.82, 2.24) is 9.88 Å². The highest BCUT2D eigenvalue weighted by Gasteiger charge is 2.44. The fourth-order valence-electron chi connectivity index (χ4n) is 3.04. The van der Waals surface area contributed by atoms with Crippen molar-refractivity contribution in [3.05, 3.63) is 16.6 Å². The van der Waals surface area contributed by atoms with Crippen molar-refractivity contribution in [2.75, 3.05) is 13.1 Å². The number of carbonyl (C=O) groups excluding carboxylic acids is 2. The number of aromatic nitrogens is 1. The number of thiazole rings is 1. The van der Waals surface area contributed by atoms with Gasteiger partial charge in [-0.15, -0.1) is 11.3 Å². The maximum atomic E-state index is 12.2. The summed E-state index contributed by atoms with van der Waals surface area (Å²) in [5.74, 6) is 0.448. The van der Waals surface area contributed by atoms with Crippen molar-refractivity contribution in [3.63, 3.8) is 0 Å². The number of likely N-dealkylation sites (tertiary alicyclic amines) is 1. The van der Waals surface area contributed by atoms with Crippen LogP contribution in [0.15, 0.2) is 10.9 Å². The third-order valence-corrected chi connectivity index (χ3v) is 5.14. The fraction of sp³-hybridized carbons (Fsp3) is 0.643. The molecule has 108 valence electrons. The van der Waals surface area contributed by atoms with Gasteiger partial charge in [-0.2, -0.15) is 0 Å². The molecule has 1 aromatic rings. The van der Waals surface area contributed by atoms with E-state index in [9.17, 15) is 9.59 Å².